The van der Waals surface area contributed by atoms with Gasteiger partial charge in [-0.2, -0.15) is 5.26 Å². The highest BCUT2D eigenvalue weighted by molar-refractivity contribution is 6.04. The van der Waals surface area contributed by atoms with Crippen LogP contribution in [0.5, 0.6) is 5.75 Å². The van der Waals surface area contributed by atoms with Crippen molar-refractivity contribution in [2.45, 2.75) is 12.8 Å². The van der Waals surface area contributed by atoms with E-state index in [1.807, 2.05) is 62.6 Å². The number of rotatable bonds is 8. The van der Waals surface area contributed by atoms with Crippen LogP contribution in [-0.4, -0.2) is 38.6 Å². The molecule has 3 aromatic rings. The van der Waals surface area contributed by atoms with Gasteiger partial charge in [-0.05, 0) is 92.6 Å². The minimum Gasteiger partial charge on any atom is -0.496 e. The third kappa shape index (κ3) is 6.58. The average Bonchev–Trinajstić information content (AvgIpc) is 2.79. The molecular weight excluding hydrogens is 422 g/mol. The van der Waals surface area contributed by atoms with Crippen LogP contribution >= 0.6 is 12.4 Å². The quantitative estimate of drug-likeness (QED) is 0.499. The van der Waals surface area contributed by atoms with Crippen molar-refractivity contribution in [2.24, 2.45) is 0 Å². The van der Waals surface area contributed by atoms with E-state index < -0.39 is 0 Å². The summed E-state index contributed by atoms with van der Waals surface area (Å²) in [5, 5.41) is 11.9. The maximum Gasteiger partial charge on any atom is 0.255 e. The molecule has 0 radical (unpaired) electrons. The number of aryl methyl sites for hydroxylation is 1. The normalized spacial score (nSPS) is 10.2. The molecule has 0 aliphatic heterocycles. The van der Waals surface area contributed by atoms with Crippen molar-refractivity contribution in [3.8, 4) is 22.9 Å². The van der Waals surface area contributed by atoms with E-state index in [9.17, 15) is 4.79 Å². The van der Waals surface area contributed by atoms with E-state index in [0.29, 0.717) is 11.1 Å². The van der Waals surface area contributed by atoms with Crippen molar-refractivity contribution in [3.63, 3.8) is 0 Å². The molecule has 0 aliphatic rings. The number of anilines is 1. The first-order valence-electron chi connectivity index (χ1n) is 10.2. The second-order valence-corrected chi connectivity index (χ2v) is 7.65. The molecular formula is C26H28ClN3O2. The minimum atomic E-state index is -0.150. The predicted molar refractivity (Wildman–Crippen MR) is 132 cm³/mol. The Morgan fingerprint density at radius 1 is 1.00 bits per heavy atom. The molecule has 3 rings (SSSR count). The van der Waals surface area contributed by atoms with Gasteiger partial charge < -0.3 is 15.0 Å². The molecule has 3 aromatic carbocycles. The van der Waals surface area contributed by atoms with Crippen LogP contribution in [0.15, 0.2) is 66.7 Å². The number of nitrogens with one attached hydrogen (secondary N) is 1. The highest BCUT2D eigenvalue weighted by Gasteiger charge is 2.11. The van der Waals surface area contributed by atoms with E-state index >= 15 is 0 Å². The minimum absolute atomic E-state index is 0. The van der Waals surface area contributed by atoms with Crippen LogP contribution in [0.2, 0.25) is 0 Å². The number of carbonyl (C=O) groups is 1. The Morgan fingerprint density at radius 3 is 2.19 bits per heavy atom. The zero-order chi connectivity index (χ0) is 22.2. The fraction of sp³-hybridized carbons (Fsp3) is 0.231. The second-order valence-electron chi connectivity index (χ2n) is 7.65. The van der Waals surface area contributed by atoms with Crippen molar-refractivity contribution in [1.82, 2.24) is 4.90 Å². The highest BCUT2D eigenvalue weighted by Crippen LogP contribution is 2.24. The Hall–Kier alpha value is -3.33. The Morgan fingerprint density at radius 2 is 1.62 bits per heavy atom. The fourth-order valence-electron chi connectivity index (χ4n) is 3.39. The van der Waals surface area contributed by atoms with Crippen LogP contribution in [0.25, 0.3) is 11.1 Å². The van der Waals surface area contributed by atoms with E-state index in [1.54, 1.807) is 25.3 Å². The van der Waals surface area contributed by atoms with Gasteiger partial charge in [-0.3, -0.25) is 4.79 Å². The van der Waals surface area contributed by atoms with Gasteiger partial charge in [0.05, 0.1) is 18.7 Å². The first-order valence-corrected chi connectivity index (χ1v) is 10.2. The van der Waals surface area contributed by atoms with Crippen molar-refractivity contribution in [2.75, 3.05) is 33.1 Å². The van der Waals surface area contributed by atoms with Gasteiger partial charge in [0, 0.05) is 11.3 Å². The lowest BCUT2D eigenvalue weighted by molar-refractivity contribution is 0.102. The summed E-state index contributed by atoms with van der Waals surface area (Å²) < 4.78 is 5.46. The van der Waals surface area contributed by atoms with Gasteiger partial charge in [0.2, 0.25) is 0 Å². The monoisotopic (exact) mass is 449 g/mol. The number of ether oxygens (including phenoxy) is 1. The number of nitriles is 1. The lowest BCUT2D eigenvalue weighted by atomic mass is 10.0. The Balaban J connectivity index is 0.00000363. The number of hydrogen-bond acceptors (Lipinski definition) is 4. The van der Waals surface area contributed by atoms with Gasteiger partial charge in [-0.1, -0.05) is 24.3 Å². The summed E-state index contributed by atoms with van der Waals surface area (Å²) in [6, 6.07) is 22.8. The molecule has 1 N–H and O–H groups in total. The van der Waals surface area contributed by atoms with Crippen molar-refractivity contribution < 1.29 is 9.53 Å². The molecule has 5 nitrogen and oxygen atoms in total. The molecule has 0 bridgehead atoms. The molecule has 0 aliphatic carbocycles. The van der Waals surface area contributed by atoms with E-state index in [4.69, 9.17) is 10.00 Å². The van der Waals surface area contributed by atoms with Crippen LogP contribution < -0.4 is 10.1 Å². The molecule has 0 saturated carbocycles. The van der Waals surface area contributed by atoms with Gasteiger partial charge in [0.15, 0.2) is 0 Å². The van der Waals surface area contributed by atoms with E-state index in [1.165, 1.54) is 0 Å². The number of halogens is 1. The first-order chi connectivity index (χ1) is 15.0. The maximum atomic E-state index is 12.8. The number of nitrogens with zero attached hydrogens (tertiary/aromatic N) is 2. The average molecular weight is 450 g/mol. The SMILES string of the molecule is COc1ccc(C(=O)Nc2ccc(-c3ccc(C#N)cc3)cc2)cc1CCCN(C)C.Cl. The molecule has 0 saturated heterocycles. The summed E-state index contributed by atoms with van der Waals surface area (Å²) >= 11 is 0. The van der Waals surface area contributed by atoms with Crippen molar-refractivity contribution >= 4 is 24.0 Å². The van der Waals surface area contributed by atoms with Gasteiger partial charge in [0.25, 0.3) is 5.91 Å². The molecule has 0 heterocycles. The van der Waals surface area contributed by atoms with E-state index in [0.717, 1.165) is 47.5 Å². The van der Waals surface area contributed by atoms with Gasteiger partial charge in [0.1, 0.15) is 5.75 Å². The number of carbonyl (C=O) groups excluding carboxylic acids is 1. The summed E-state index contributed by atoms with van der Waals surface area (Å²) in [6.45, 7) is 0.977. The van der Waals surface area contributed by atoms with Crippen molar-refractivity contribution in [1.29, 1.82) is 5.26 Å². The smallest absolute Gasteiger partial charge is 0.255 e. The van der Waals surface area contributed by atoms with Gasteiger partial charge >= 0.3 is 0 Å². The molecule has 0 atom stereocenters. The largest absolute Gasteiger partial charge is 0.496 e. The standard InChI is InChI=1S/C26H27N3O2.ClH/c1-29(2)16-4-5-22-17-23(12-15-25(22)31-3)26(30)28-24-13-10-21(11-14-24)20-8-6-19(18-27)7-9-20;/h6-15,17H,4-5,16H2,1-3H3,(H,28,30);1H. The Bertz CT molecular complexity index is 1070. The third-order valence-corrected chi connectivity index (χ3v) is 5.08. The zero-order valence-corrected chi connectivity index (χ0v) is 19.4. The Labute approximate surface area is 196 Å². The predicted octanol–water partition coefficient (Wildman–Crippen LogP) is 5.40. The summed E-state index contributed by atoms with van der Waals surface area (Å²) in [6.07, 6.45) is 1.84. The first kappa shape index (κ1) is 24.9. The lowest BCUT2D eigenvalue weighted by Crippen LogP contribution is -2.14. The molecule has 0 aromatic heterocycles. The van der Waals surface area contributed by atoms with E-state index in [2.05, 4.69) is 16.3 Å². The molecule has 166 valence electrons. The molecule has 0 unspecified atom stereocenters. The van der Waals surface area contributed by atoms with E-state index in [-0.39, 0.29) is 18.3 Å². The van der Waals surface area contributed by atoms with Crippen LogP contribution in [0.1, 0.15) is 27.9 Å². The van der Waals surface area contributed by atoms with Gasteiger partial charge in [-0.25, -0.2) is 0 Å². The summed E-state index contributed by atoms with van der Waals surface area (Å²) in [4.78, 5) is 14.9. The van der Waals surface area contributed by atoms with Crippen molar-refractivity contribution in [3.05, 3.63) is 83.4 Å². The molecule has 1 amide bonds. The maximum absolute atomic E-state index is 12.8. The number of amides is 1. The summed E-state index contributed by atoms with van der Waals surface area (Å²) in [7, 11) is 5.75. The van der Waals surface area contributed by atoms with Crippen LogP contribution in [-0.2, 0) is 6.42 Å². The fourth-order valence-corrected chi connectivity index (χ4v) is 3.39. The van der Waals surface area contributed by atoms with Gasteiger partial charge in [-0.15, -0.1) is 12.4 Å². The molecule has 32 heavy (non-hydrogen) atoms. The Kier molecular flexibility index (Phi) is 9.27. The van der Waals surface area contributed by atoms with Crippen LogP contribution in [0.4, 0.5) is 5.69 Å². The van der Waals surface area contributed by atoms with Crippen LogP contribution in [0, 0.1) is 11.3 Å². The zero-order valence-electron chi connectivity index (χ0n) is 18.6. The third-order valence-electron chi connectivity index (χ3n) is 5.08. The second kappa shape index (κ2) is 11.9. The molecule has 0 spiro atoms. The molecule has 0 fully saturated rings. The number of benzene rings is 3. The summed E-state index contributed by atoms with van der Waals surface area (Å²) in [5.41, 5.74) is 5.05. The topological polar surface area (TPSA) is 65.4 Å². The van der Waals surface area contributed by atoms with Crippen LogP contribution in [0.3, 0.4) is 0 Å². The number of hydrogen-bond donors (Lipinski definition) is 1. The highest BCUT2D eigenvalue weighted by atomic mass is 35.5. The summed E-state index contributed by atoms with van der Waals surface area (Å²) in [5.74, 6) is 0.657. The molecule has 6 heteroatoms. The lowest BCUT2D eigenvalue weighted by Gasteiger charge is -2.13. The number of methoxy groups -OCH3 is 1.